The van der Waals surface area contributed by atoms with E-state index in [4.69, 9.17) is 16.1 Å². The zero-order valence-corrected chi connectivity index (χ0v) is 18.0. The monoisotopic (exact) mass is 418 g/mol. The van der Waals surface area contributed by atoms with Gasteiger partial charge in [-0.3, -0.25) is 9.69 Å². The van der Waals surface area contributed by atoms with E-state index in [0.29, 0.717) is 17.5 Å². The molecule has 0 spiro atoms. The van der Waals surface area contributed by atoms with Crippen LogP contribution in [0.1, 0.15) is 45.4 Å². The molecular formula is C22H31ClN4O2. The summed E-state index contributed by atoms with van der Waals surface area (Å²) in [5, 5.41) is 9.14. The van der Waals surface area contributed by atoms with Crippen molar-refractivity contribution in [2.75, 3.05) is 37.6 Å². The number of piperazine rings is 1. The molecule has 6 nitrogen and oxygen atoms in total. The molecule has 2 aromatic rings. The van der Waals surface area contributed by atoms with Crippen molar-refractivity contribution < 1.29 is 9.32 Å². The molecule has 1 N–H and O–H groups in total. The Morgan fingerprint density at radius 3 is 2.69 bits per heavy atom. The van der Waals surface area contributed by atoms with E-state index >= 15 is 0 Å². The lowest BCUT2D eigenvalue weighted by molar-refractivity contribution is -0.121. The third kappa shape index (κ3) is 5.04. The first-order valence-electron chi connectivity index (χ1n) is 10.9. The molecule has 1 aliphatic carbocycles. The van der Waals surface area contributed by atoms with Crippen LogP contribution in [0.2, 0.25) is 5.02 Å². The first-order chi connectivity index (χ1) is 14.1. The Morgan fingerprint density at radius 1 is 1.21 bits per heavy atom. The zero-order valence-electron chi connectivity index (χ0n) is 17.2. The fourth-order valence-electron chi connectivity index (χ4n) is 4.60. The van der Waals surface area contributed by atoms with Gasteiger partial charge in [0.2, 0.25) is 5.91 Å². The number of anilines is 1. The Bertz CT molecular complexity index is 823. The van der Waals surface area contributed by atoms with E-state index in [2.05, 4.69) is 20.3 Å². The molecule has 4 rings (SSSR count). The van der Waals surface area contributed by atoms with E-state index in [1.807, 2.05) is 25.1 Å². The molecular weight excluding hydrogens is 388 g/mol. The molecule has 0 atom stereocenters. The van der Waals surface area contributed by atoms with Crippen molar-refractivity contribution in [3.63, 3.8) is 0 Å². The SMILES string of the molecule is CCC(=O)N[C@H]1CC[C@H](CCN2CCN(c3noc4cc(Cl)ccc34)CC2)CC1. The molecule has 1 saturated heterocycles. The van der Waals surface area contributed by atoms with Crippen molar-refractivity contribution in [1.82, 2.24) is 15.4 Å². The van der Waals surface area contributed by atoms with E-state index in [1.54, 1.807) is 0 Å². The number of nitrogens with one attached hydrogen (secondary N) is 1. The average molecular weight is 419 g/mol. The quantitative estimate of drug-likeness (QED) is 0.765. The largest absolute Gasteiger partial charge is 0.354 e. The molecule has 2 aliphatic rings. The molecule has 29 heavy (non-hydrogen) atoms. The van der Waals surface area contributed by atoms with Crippen molar-refractivity contribution in [3.05, 3.63) is 23.2 Å². The smallest absolute Gasteiger partial charge is 0.219 e. The summed E-state index contributed by atoms with van der Waals surface area (Å²) in [6, 6.07) is 6.11. The summed E-state index contributed by atoms with van der Waals surface area (Å²) < 4.78 is 5.46. The lowest BCUT2D eigenvalue weighted by Crippen LogP contribution is -2.47. The summed E-state index contributed by atoms with van der Waals surface area (Å²) in [7, 11) is 0. The normalized spacial score (nSPS) is 23.4. The Balaban J connectivity index is 1.20. The highest BCUT2D eigenvalue weighted by molar-refractivity contribution is 6.31. The highest BCUT2D eigenvalue weighted by atomic mass is 35.5. The number of amides is 1. The van der Waals surface area contributed by atoms with Gasteiger partial charge in [0, 0.05) is 49.7 Å². The number of benzene rings is 1. The maximum Gasteiger partial charge on any atom is 0.219 e. The summed E-state index contributed by atoms with van der Waals surface area (Å²) >= 11 is 6.04. The molecule has 2 heterocycles. The van der Waals surface area contributed by atoms with Gasteiger partial charge in [-0.15, -0.1) is 0 Å². The number of halogens is 1. The van der Waals surface area contributed by atoms with E-state index in [9.17, 15) is 4.79 Å². The van der Waals surface area contributed by atoms with Crippen LogP contribution in [-0.2, 0) is 4.79 Å². The molecule has 2 fully saturated rings. The first kappa shape index (κ1) is 20.5. The van der Waals surface area contributed by atoms with Gasteiger partial charge in [-0.05, 0) is 56.7 Å². The molecule has 7 heteroatoms. The topological polar surface area (TPSA) is 61.6 Å². The van der Waals surface area contributed by atoms with E-state index in [1.165, 1.54) is 25.8 Å². The van der Waals surface area contributed by atoms with Crippen LogP contribution in [0.25, 0.3) is 11.0 Å². The fourth-order valence-corrected chi connectivity index (χ4v) is 4.76. The van der Waals surface area contributed by atoms with Gasteiger partial charge in [-0.25, -0.2) is 0 Å². The maximum absolute atomic E-state index is 11.6. The molecule has 0 bridgehead atoms. The van der Waals surface area contributed by atoms with Crippen molar-refractivity contribution >= 4 is 34.3 Å². The van der Waals surface area contributed by atoms with Crippen LogP contribution >= 0.6 is 11.6 Å². The van der Waals surface area contributed by atoms with Gasteiger partial charge in [0.25, 0.3) is 0 Å². The maximum atomic E-state index is 11.6. The second-order valence-electron chi connectivity index (χ2n) is 8.40. The molecule has 1 aromatic carbocycles. The lowest BCUT2D eigenvalue weighted by atomic mass is 9.84. The Hall–Kier alpha value is -1.79. The summed E-state index contributed by atoms with van der Waals surface area (Å²) in [6.07, 6.45) is 6.59. The minimum atomic E-state index is 0.189. The minimum Gasteiger partial charge on any atom is -0.354 e. The van der Waals surface area contributed by atoms with E-state index in [-0.39, 0.29) is 5.91 Å². The van der Waals surface area contributed by atoms with Gasteiger partial charge in [-0.1, -0.05) is 23.7 Å². The summed E-state index contributed by atoms with van der Waals surface area (Å²) in [6.45, 7) is 7.15. The first-order valence-corrected chi connectivity index (χ1v) is 11.3. The number of aromatic nitrogens is 1. The van der Waals surface area contributed by atoms with E-state index in [0.717, 1.165) is 61.7 Å². The van der Waals surface area contributed by atoms with Crippen LogP contribution in [0.4, 0.5) is 5.82 Å². The van der Waals surface area contributed by atoms with Crippen LogP contribution in [0, 0.1) is 5.92 Å². The summed E-state index contributed by atoms with van der Waals surface area (Å²) in [5.41, 5.74) is 0.751. The Morgan fingerprint density at radius 2 is 1.97 bits per heavy atom. The number of nitrogens with zero attached hydrogens (tertiary/aromatic N) is 3. The Kier molecular flexibility index (Phi) is 6.60. The van der Waals surface area contributed by atoms with Crippen LogP contribution < -0.4 is 10.2 Å². The van der Waals surface area contributed by atoms with Crippen molar-refractivity contribution in [2.45, 2.75) is 51.5 Å². The molecule has 1 aliphatic heterocycles. The molecule has 1 aromatic heterocycles. The van der Waals surface area contributed by atoms with Gasteiger partial charge in [0.05, 0.1) is 5.39 Å². The molecule has 0 radical (unpaired) electrons. The summed E-state index contributed by atoms with van der Waals surface area (Å²) in [5.74, 6) is 1.92. The number of rotatable bonds is 6. The number of hydrogen-bond donors (Lipinski definition) is 1. The number of fused-ring (bicyclic) bond motifs is 1. The zero-order chi connectivity index (χ0) is 20.2. The van der Waals surface area contributed by atoms with Crippen LogP contribution in [-0.4, -0.2) is 54.7 Å². The van der Waals surface area contributed by atoms with Crippen LogP contribution in [0.15, 0.2) is 22.7 Å². The fraction of sp³-hybridized carbons (Fsp3) is 0.636. The van der Waals surface area contributed by atoms with Gasteiger partial charge >= 0.3 is 0 Å². The predicted octanol–water partition coefficient (Wildman–Crippen LogP) is 4.08. The minimum absolute atomic E-state index is 0.189. The molecule has 0 unspecified atom stereocenters. The van der Waals surface area contributed by atoms with Crippen molar-refractivity contribution in [3.8, 4) is 0 Å². The van der Waals surface area contributed by atoms with Crippen molar-refractivity contribution in [2.24, 2.45) is 5.92 Å². The summed E-state index contributed by atoms with van der Waals surface area (Å²) in [4.78, 5) is 16.4. The number of hydrogen-bond acceptors (Lipinski definition) is 5. The van der Waals surface area contributed by atoms with Gasteiger partial charge in [0.15, 0.2) is 11.4 Å². The van der Waals surface area contributed by atoms with Gasteiger partial charge in [-0.2, -0.15) is 0 Å². The van der Waals surface area contributed by atoms with Gasteiger partial charge < -0.3 is 14.7 Å². The van der Waals surface area contributed by atoms with Gasteiger partial charge in [0.1, 0.15) is 0 Å². The lowest BCUT2D eigenvalue weighted by Gasteiger charge is -2.36. The second kappa shape index (κ2) is 9.35. The highest BCUT2D eigenvalue weighted by Crippen LogP contribution is 2.30. The standard InChI is InChI=1S/C22H31ClN4O2/c1-2-21(28)24-18-6-3-16(4-7-18)9-10-26-11-13-27(14-12-26)22-19-8-5-17(23)15-20(19)29-25-22/h5,8,15-16,18H,2-4,6-7,9-14H2,1H3,(H,24,28)/t16-,18-. The number of carbonyl (C=O) groups excluding carboxylic acids is 1. The third-order valence-corrected chi connectivity index (χ3v) is 6.71. The average Bonchev–Trinajstić information content (AvgIpc) is 3.16. The molecule has 1 amide bonds. The molecule has 158 valence electrons. The molecule has 1 saturated carbocycles. The predicted molar refractivity (Wildman–Crippen MR) is 116 cm³/mol. The second-order valence-corrected chi connectivity index (χ2v) is 8.84. The highest BCUT2D eigenvalue weighted by Gasteiger charge is 2.25. The third-order valence-electron chi connectivity index (χ3n) is 6.47. The van der Waals surface area contributed by atoms with Crippen LogP contribution in [0.5, 0.6) is 0 Å². The van der Waals surface area contributed by atoms with Crippen LogP contribution in [0.3, 0.4) is 0 Å². The van der Waals surface area contributed by atoms with E-state index < -0.39 is 0 Å². The number of carbonyl (C=O) groups is 1. The Labute approximate surface area is 177 Å². The van der Waals surface area contributed by atoms with Crippen molar-refractivity contribution in [1.29, 1.82) is 0 Å².